The summed E-state index contributed by atoms with van der Waals surface area (Å²) in [5, 5.41) is 0. The van der Waals surface area contributed by atoms with E-state index in [4.69, 9.17) is 9.72 Å². The van der Waals surface area contributed by atoms with Crippen LogP contribution in [0.15, 0.2) is 41.4 Å². The lowest BCUT2D eigenvalue weighted by atomic mass is 9.86. The number of methoxy groups -OCH3 is 1. The highest BCUT2D eigenvalue weighted by Gasteiger charge is 2.65. The number of imidazole rings is 1. The minimum atomic E-state index is -9.77. The molecule has 1 aliphatic carbocycles. The number of fused-ring (bicyclic) bond motifs is 1. The zero-order chi connectivity index (χ0) is 26.5. The van der Waals surface area contributed by atoms with Gasteiger partial charge in [0.2, 0.25) is 0 Å². The van der Waals surface area contributed by atoms with Crippen LogP contribution in [0.2, 0.25) is 0 Å². The summed E-state index contributed by atoms with van der Waals surface area (Å²) in [5.41, 5.74) is 2.59. The van der Waals surface area contributed by atoms with E-state index in [2.05, 4.69) is 9.97 Å². The third kappa shape index (κ3) is 5.45. The molecule has 2 aromatic heterocycles. The number of carbonyl (C=O) groups excluding carboxylic acids is 1. The molecule has 1 saturated heterocycles. The number of carbonyl (C=O) groups is 1. The molecule has 1 aliphatic heterocycles. The molecule has 37 heavy (non-hydrogen) atoms. The van der Waals surface area contributed by atoms with Crippen LogP contribution in [0.1, 0.15) is 72.1 Å². The average molecular weight is 545 g/mol. The fraction of sp³-hybridized carbons (Fsp3) is 0.480. The fourth-order valence-corrected chi connectivity index (χ4v) is 6.17. The first-order valence-electron chi connectivity index (χ1n) is 12.3. The Balaban J connectivity index is 1.28. The fourth-order valence-electron chi connectivity index (χ4n) is 5.52. The first-order valence-corrected chi connectivity index (χ1v) is 14.3. The van der Waals surface area contributed by atoms with Crippen molar-refractivity contribution in [3.63, 3.8) is 0 Å². The molecule has 5 rings (SSSR count). The maximum absolute atomic E-state index is 13.0. The number of hydrogen-bond acceptors (Lipinski definition) is 4. The monoisotopic (exact) mass is 544 g/mol. The van der Waals surface area contributed by atoms with Crippen molar-refractivity contribution in [3.8, 4) is 0 Å². The number of halogens is 5. The third-order valence-electron chi connectivity index (χ3n) is 7.56. The van der Waals surface area contributed by atoms with E-state index in [0.29, 0.717) is 31.6 Å². The van der Waals surface area contributed by atoms with Crippen LogP contribution in [0.3, 0.4) is 0 Å². The van der Waals surface area contributed by atoms with Crippen LogP contribution < -0.4 is 0 Å². The topological polar surface area (TPSA) is 71.1 Å². The molecule has 1 aromatic carbocycles. The van der Waals surface area contributed by atoms with Crippen molar-refractivity contribution >= 4 is 27.3 Å². The van der Waals surface area contributed by atoms with E-state index in [1.54, 1.807) is 18.2 Å². The van der Waals surface area contributed by atoms with E-state index in [1.807, 2.05) is 6.07 Å². The quantitative estimate of drug-likeness (QED) is 0.342. The molecule has 202 valence electrons. The van der Waals surface area contributed by atoms with Gasteiger partial charge in [0.15, 0.2) is 5.65 Å². The smallest absolute Gasteiger partial charge is 0.310 e. The summed E-state index contributed by atoms with van der Waals surface area (Å²) < 4.78 is 70.4. The van der Waals surface area contributed by atoms with Crippen LogP contribution in [0.4, 0.5) is 19.4 Å². The van der Waals surface area contributed by atoms with Gasteiger partial charge in [0.25, 0.3) is 5.91 Å². The number of rotatable bonds is 5. The molecule has 0 radical (unpaired) electrons. The highest BCUT2D eigenvalue weighted by Crippen LogP contribution is 3.02. The molecule has 2 fully saturated rings. The second-order valence-electron chi connectivity index (χ2n) is 10.0. The highest BCUT2D eigenvalue weighted by molar-refractivity contribution is 8.45. The van der Waals surface area contributed by atoms with Crippen molar-refractivity contribution in [2.24, 2.45) is 0 Å². The van der Waals surface area contributed by atoms with Gasteiger partial charge in [-0.1, -0.05) is 25.8 Å². The number of amides is 1. The lowest BCUT2D eigenvalue weighted by molar-refractivity contribution is 0.0625. The Morgan fingerprint density at radius 2 is 1.70 bits per heavy atom. The Kier molecular flexibility index (Phi) is 6.06. The van der Waals surface area contributed by atoms with Gasteiger partial charge in [0, 0.05) is 37.9 Å². The lowest BCUT2D eigenvalue weighted by Gasteiger charge is -2.40. The minimum Gasteiger partial charge on any atom is -0.381 e. The van der Waals surface area contributed by atoms with Crippen LogP contribution in [-0.4, -0.2) is 52.1 Å². The number of ether oxygens (including phenoxy) is 1. The van der Waals surface area contributed by atoms with Gasteiger partial charge in [-0.2, -0.15) is 0 Å². The van der Waals surface area contributed by atoms with Gasteiger partial charge < -0.3 is 14.6 Å². The number of hydrogen-bond donors (Lipinski definition) is 1. The Labute approximate surface area is 211 Å². The molecule has 3 aromatic rings. The van der Waals surface area contributed by atoms with Crippen molar-refractivity contribution in [1.29, 1.82) is 0 Å². The predicted molar refractivity (Wildman–Crippen MR) is 132 cm³/mol. The van der Waals surface area contributed by atoms with Crippen molar-refractivity contribution < 1.29 is 29.0 Å². The van der Waals surface area contributed by atoms with E-state index >= 15 is 0 Å². The number of aromatic nitrogens is 3. The van der Waals surface area contributed by atoms with Gasteiger partial charge in [-0.05, 0) is 73.9 Å². The maximum atomic E-state index is 13.0. The Morgan fingerprint density at radius 1 is 1.00 bits per heavy atom. The van der Waals surface area contributed by atoms with Gasteiger partial charge >= 0.3 is 10.2 Å². The van der Waals surface area contributed by atoms with E-state index in [-0.39, 0.29) is 35.6 Å². The first kappa shape index (κ1) is 25.9. The largest absolute Gasteiger partial charge is 0.381 e. The van der Waals surface area contributed by atoms with Crippen LogP contribution in [-0.2, 0) is 4.74 Å². The van der Waals surface area contributed by atoms with Crippen molar-refractivity contribution in [1.82, 2.24) is 19.9 Å². The van der Waals surface area contributed by atoms with Gasteiger partial charge in [0.1, 0.15) is 10.7 Å². The van der Waals surface area contributed by atoms with Crippen LogP contribution >= 0.6 is 10.2 Å². The third-order valence-corrected chi connectivity index (χ3v) is 8.72. The molecule has 3 heterocycles. The molecule has 0 unspecified atom stereocenters. The SMILES string of the molecule is CO[C@@H]1CCC[C@@H](c2nc3nccc(C4CCN(C(=O)c5ccc(S(F)(F)(F)(F)F)cc5)CC4)c3[nH]2)C1. The second-order valence-corrected chi connectivity index (χ2v) is 12.4. The van der Waals surface area contributed by atoms with Crippen LogP contribution in [0, 0.1) is 0 Å². The molecule has 0 bridgehead atoms. The molecule has 12 heteroatoms. The first-order chi connectivity index (χ1) is 17.3. The number of H-pyrrole nitrogens is 1. The minimum absolute atomic E-state index is 0.0459. The molecular weight excluding hydrogens is 515 g/mol. The zero-order valence-electron chi connectivity index (χ0n) is 20.3. The number of likely N-dealkylation sites (tertiary alicyclic amines) is 1. The van der Waals surface area contributed by atoms with Crippen LogP contribution in [0.5, 0.6) is 0 Å². The molecular formula is C25H29F5N4O2S. The molecule has 6 nitrogen and oxygen atoms in total. The number of aromatic amines is 1. The Hall–Kier alpha value is -2.73. The normalized spacial score (nSPS) is 23.6. The number of nitrogens with zero attached hydrogens (tertiary/aromatic N) is 3. The molecule has 1 amide bonds. The molecule has 2 atom stereocenters. The summed E-state index contributed by atoms with van der Waals surface area (Å²) in [5.74, 6) is 0.877. The predicted octanol–water partition coefficient (Wildman–Crippen LogP) is 7.31. The molecule has 0 spiro atoms. The van der Waals surface area contributed by atoms with Gasteiger partial charge in [0.05, 0.1) is 11.6 Å². The number of pyridine rings is 1. The van der Waals surface area contributed by atoms with E-state index in [9.17, 15) is 24.2 Å². The van der Waals surface area contributed by atoms with E-state index in [1.165, 1.54) is 0 Å². The zero-order valence-corrected chi connectivity index (χ0v) is 21.1. The van der Waals surface area contributed by atoms with Crippen molar-refractivity contribution in [2.45, 2.75) is 61.4 Å². The summed E-state index contributed by atoms with van der Waals surface area (Å²) in [7, 11) is -8.04. The molecule has 1 saturated carbocycles. The van der Waals surface area contributed by atoms with Crippen LogP contribution in [0.25, 0.3) is 11.2 Å². The van der Waals surface area contributed by atoms with Gasteiger partial charge in [-0.25, -0.2) is 9.97 Å². The molecule has 1 N–H and O–H groups in total. The summed E-state index contributed by atoms with van der Waals surface area (Å²) in [6.45, 7) is 0.797. The average Bonchev–Trinajstić information content (AvgIpc) is 3.32. The second kappa shape index (κ2) is 8.65. The van der Waals surface area contributed by atoms with E-state index < -0.39 is 21.0 Å². The number of nitrogens with one attached hydrogen (secondary N) is 1. The van der Waals surface area contributed by atoms with Gasteiger partial charge in [-0.3, -0.25) is 4.79 Å². The highest BCUT2D eigenvalue weighted by atomic mass is 32.5. The lowest BCUT2D eigenvalue weighted by Crippen LogP contribution is -2.38. The standard InChI is InChI=1S/C25H29F5N4O2S/c1-36-19-4-2-3-18(15-19)23-32-22-21(9-12-31-24(22)33-23)16-10-13-34(14-11-16)25(35)17-5-7-20(8-6-17)37(26,27,28,29)30/h5-9,12,16,18-19H,2-4,10-11,13-15H2,1H3,(H,31,32,33)/t18-,19-/m1/s1. The summed E-state index contributed by atoms with van der Waals surface area (Å²) in [6, 6.07) is 4.17. The van der Waals surface area contributed by atoms with Gasteiger partial charge in [-0.15, -0.1) is 0 Å². The summed E-state index contributed by atoms with van der Waals surface area (Å²) in [6.07, 6.45) is 7.34. The maximum Gasteiger partial charge on any atom is 0.310 e. The summed E-state index contributed by atoms with van der Waals surface area (Å²) >= 11 is 0. The van der Waals surface area contributed by atoms with Crippen molar-refractivity contribution in [2.75, 3.05) is 20.2 Å². The summed E-state index contributed by atoms with van der Waals surface area (Å²) in [4.78, 5) is 25.1. The Bertz CT molecular complexity index is 1310. The van der Waals surface area contributed by atoms with Crippen molar-refractivity contribution in [3.05, 3.63) is 53.5 Å². The number of benzene rings is 1. The van der Waals surface area contributed by atoms with E-state index in [0.717, 1.165) is 54.7 Å². The number of piperidine rings is 1. The molecule has 2 aliphatic rings. The Morgan fingerprint density at radius 3 is 2.35 bits per heavy atom.